The molecule has 1 fully saturated rings. The maximum Gasteiger partial charge on any atom is 0.317 e. The van der Waals surface area contributed by atoms with Crippen molar-refractivity contribution in [3.8, 4) is 0 Å². The molecule has 3 N–H and O–H groups in total. The van der Waals surface area contributed by atoms with Gasteiger partial charge in [0.1, 0.15) is 0 Å². The number of hydrogen-bond acceptors (Lipinski definition) is 2. The average Bonchev–Trinajstić information content (AvgIpc) is 2.07. The van der Waals surface area contributed by atoms with E-state index >= 15 is 0 Å². The van der Waals surface area contributed by atoms with Gasteiger partial charge in [0.15, 0.2) is 0 Å². The third-order valence-electron chi connectivity index (χ3n) is 2.59. The van der Waals surface area contributed by atoms with Crippen LogP contribution >= 0.6 is 0 Å². The smallest absolute Gasteiger partial charge is 0.317 e. The molecular formula is C9H19N3O. The fourth-order valence-corrected chi connectivity index (χ4v) is 1.55. The van der Waals surface area contributed by atoms with E-state index in [0.29, 0.717) is 12.6 Å². The molecule has 0 unspecified atom stereocenters. The largest absolute Gasteiger partial charge is 0.341 e. The highest BCUT2D eigenvalue weighted by molar-refractivity contribution is 5.74. The van der Waals surface area contributed by atoms with Crippen LogP contribution in [0.1, 0.15) is 25.7 Å². The molecule has 0 aromatic heterocycles. The molecule has 0 bridgehead atoms. The Kier molecular flexibility index (Phi) is 4.02. The van der Waals surface area contributed by atoms with Crippen molar-refractivity contribution in [3.05, 3.63) is 0 Å². The maximum atomic E-state index is 11.4. The topological polar surface area (TPSA) is 58.4 Å². The lowest BCUT2D eigenvalue weighted by atomic mass is 9.91. The molecule has 2 amide bonds. The number of urea groups is 1. The monoisotopic (exact) mass is 185 g/mol. The number of nitrogens with two attached hydrogens (primary N) is 1. The van der Waals surface area contributed by atoms with Crippen molar-refractivity contribution in [1.29, 1.82) is 0 Å². The zero-order valence-corrected chi connectivity index (χ0v) is 8.25. The van der Waals surface area contributed by atoms with Crippen LogP contribution < -0.4 is 11.1 Å². The first-order chi connectivity index (χ1) is 6.29. The second-order valence-electron chi connectivity index (χ2n) is 3.48. The van der Waals surface area contributed by atoms with Crippen molar-refractivity contribution in [2.45, 2.75) is 31.7 Å². The highest BCUT2D eigenvalue weighted by Crippen LogP contribution is 2.24. The van der Waals surface area contributed by atoms with Crippen LogP contribution in [0, 0.1) is 0 Å². The van der Waals surface area contributed by atoms with E-state index < -0.39 is 0 Å². The molecule has 13 heavy (non-hydrogen) atoms. The summed E-state index contributed by atoms with van der Waals surface area (Å²) < 4.78 is 0. The molecule has 4 heteroatoms. The van der Waals surface area contributed by atoms with Gasteiger partial charge in [0.25, 0.3) is 0 Å². The Morgan fingerprint density at radius 2 is 2.31 bits per heavy atom. The van der Waals surface area contributed by atoms with Gasteiger partial charge in [0.2, 0.25) is 0 Å². The summed E-state index contributed by atoms with van der Waals surface area (Å²) in [4.78, 5) is 13.3. The predicted molar refractivity (Wildman–Crippen MR) is 52.5 cm³/mol. The Labute approximate surface area is 79.5 Å². The SMILES string of the molecule is CNC(=O)N(CCCN)C1CCC1. The van der Waals surface area contributed by atoms with Gasteiger partial charge >= 0.3 is 6.03 Å². The van der Waals surface area contributed by atoms with Gasteiger partial charge in [0, 0.05) is 19.6 Å². The summed E-state index contributed by atoms with van der Waals surface area (Å²) in [6, 6.07) is 0.504. The van der Waals surface area contributed by atoms with E-state index in [1.54, 1.807) is 7.05 Å². The molecule has 0 saturated heterocycles. The maximum absolute atomic E-state index is 11.4. The molecule has 1 aliphatic rings. The number of carbonyl (C=O) groups excluding carboxylic acids is 1. The van der Waals surface area contributed by atoms with Crippen molar-refractivity contribution in [2.75, 3.05) is 20.1 Å². The normalized spacial score (nSPS) is 16.5. The van der Waals surface area contributed by atoms with Crippen LogP contribution in [0.4, 0.5) is 4.79 Å². The highest BCUT2D eigenvalue weighted by atomic mass is 16.2. The van der Waals surface area contributed by atoms with E-state index in [1.807, 2.05) is 4.90 Å². The van der Waals surface area contributed by atoms with Crippen LogP contribution in [0.25, 0.3) is 0 Å². The lowest BCUT2D eigenvalue weighted by molar-refractivity contribution is 0.139. The van der Waals surface area contributed by atoms with Crippen molar-refractivity contribution < 1.29 is 4.79 Å². The van der Waals surface area contributed by atoms with Crippen molar-refractivity contribution in [2.24, 2.45) is 5.73 Å². The Morgan fingerprint density at radius 1 is 1.62 bits per heavy atom. The minimum Gasteiger partial charge on any atom is -0.341 e. The first-order valence-electron chi connectivity index (χ1n) is 4.98. The summed E-state index contributed by atoms with van der Waals surface area (Å²) >= 11 is 0. The van der Waals surface area contributed by atoms with E-state index in [1.165, 1.54) is 6.42 Å². The molecule has 0 atom stereocenters. The zero-order valence-electron chi connectivity index (χ0n) is 8.25. The van der Waals surface area contributed by atoms with Gasteiger partial charge < -0.3 is 16.0 Å². The lowest BCUT2D eigenvalue weighted by Crippen LogP contribution is -2.48. The Morgan fingerprint density at radius 3 is 2.69 bits per heavy atom. The fraction of sp³-hybridized carbons (Fsp3) is 0.889. The molecule has 1 saturated carbocycles. The van der Waals surface area contributed by atoms with Crippen LogP contribution in [0.3, 0.4) is 0 Å². The minimum atomic E-state index is 0.0400. The molecule has 0 heterocycles. The molecule has 0 spiro atoms. The molecule has 4 nitrogen and oxygen atoms in total. The number of carbonyl (C=O) groups is 1. The van der Waals surface area contributed by atoms with Crippen LogP contribution in [0.15, 0.2) is 0 Å². The Balaban J connectivity index is 2.37. The van der Waals surface area contributed by atoms with E-state index in [4.69, 9.17) is 5.73 Å². The summed E-state index contributed by atoms with van der Waals surface area (Å²) in [6.45, 7) is 1.45. The number of hydrogen-bond donors (Lipinski definition) is 2. The quantitative estimate of drug-likeness (QED) is 0.671. The van der Waals surface area contributed by atoms with E-state index in [0.717, 1.165) is 25.8 Å². The summed E-state index contributed by atoms with van der Waals surface area (Å²) in [5.74, 6) is 0. The Hall–Kier alpha value is -0.770. The van der Waals surface area contributed by atoms with Crippen molar-refractivity contribution in [1.82, 2.24) is 10.2 Å². The van der Waals surface area contributed by atoms with Crippen LogP contribution in [-0.4, -0.2) is 37.1 Å². The number of nitrogens with zero attached hydrogens (tertiary/aromatic N) is 1. The third kappa shape index (κ3) is 2.59. The zero-order chi connectivity index (χ0) is 9.68. The van der Waals surface area contributed by atoms with E-state index in [-0.39, 0.29) is 6.03 Å². The van der Waals surface area contributed by atoms with Crippen molar-refractivity contribution in [3.63, 3.8) is 0 Å². The van der Waals surface area contributed by atoms with Gasteiger partial charge in [-0.1, -0.05) is 0 Å². The summed E-state index contributed by atoms with van der Waals surface area (Å²) in [7, 11) is 1.68. The second-order valence-corrected chi connectivity index (χ2v) is 3.48. The third-order valence-corrected chi connectivity index (χ3v) is 2.59. The molecule has 0 aromatic rings. The number of nitrogens with one attached hydrogen (secondary N) is 1. The fourth-order valence-electron chi connectivity index (χ4n) is 1.55. The predicted octanol–water partition coefficient (Wildman–Crippen LogP) is 0.529. The molecule has 1 rings (SSSR count). The first-order valence-corrected chi connectivity index (χ1v) is 4.98. The van der Waals surface area contributed by atoms with E-state index in [9.17, 15) is 4.79 Å². The van der Waals surface area contributed by atoms with Gasteiger partial charge in [-0.05, 0) is 32.2 Å². The molecule has 0 aromatic carbocycles. The van der Waals surface area contributed by atoms with Gasteiger partial charge in [0.05, 0.1) is 0 Å². The first kappa shape index (κ1) is 10.3. The summed E-state index contributed by atoms with van der Waals surface area (Å²) in [5, 5.41) is 2.67. The highest BCUT2D eigenvalue weighted by Gasteiger charge is 2.27. The number of amides is 2. The second kappa shape index (κ2) is 5.07. The molecule has 0 aliphatic heterocycles. The van der Waals surface area contributed by atoms with Crippen LogP contribution in [0.2, 0.25) is 0 Å². The van der Waals surface area contributed by atoms with Crippen LogP contribution in [-0.2, 0) is 0 Å². The molecule has 1 aliphatic carbocycles. The van der Waals surface area contributed by atoms with E-state index in [2.05, 4.69) is 5.32 Å². The summed E-state index contributed by atoms with van der Waals surface area (Å²) in [6.07, 6.45) is 4.45. The van der Waals surface area contributed by atoms with Gasteiger partial charge in [-0.15, -0.1) is 0 Å². The van der Waals surface area contributed by atoms with Gasteiger partial charge in [-0.25, -0.2) is 4.79 Å². The Bertz CT molecular complexity index is 168. The molecule has 76 valence electrons. The van der Waals surface area contributed by atoms with Gasteiger partial charge in [-0.3, -0.25) is 0 Å². The van der Waals surface area contributed by atoms with Crippen LogP contribution in [0.5, 0.6) is 0 Å². The average molecular weight is 185 g/mol. The minimum absolute atomic E-state index is 0.0400. The number of rotatable bonds is 4. The summed E-state index contributed by atoms with van der Waals surface area (Å²) in [5.41, 5.74) is 5.42. The molecule has 0 radical (unpaired) electrons. The van der Waals surface area contributed by atoms with Gasteiger partial charge in [-0.2, -0.15) is 0 Å². The standard InChI is InChI=1S/C9H19N3O/c1-11-9(13)12(7-3-6-10)8-4-2-5-8/h8H,2-7,10H2,1H3,(H,11,13). The molecular weight excluding hydrogens is 166 g/mol. The lowest BCUT2D eigenvalue weighted by Gasteiger charge is -2.37. The van der Waals surface area contributed by atoms with Crippen molar-refractivity contribution >= 4 is 6.03 Å².